The molecule has 80 valence electrons. The first-order valence-electron chi connectivity index (χ1n) is 3.67. The standard InChI is InChI=1S/C8H9BrF2N2.ClH/c9-4-1-2-5(10)7(8(4)11)6(13)3-12;/h1-2,6H,3,12-13H2;1H/t6-;/m1./s1. The zero-order chi connectivity index (χ0) is 10.0. The quantitative estimate of drug-likeness (QED) is 0.819. The van der Waals surface area contributed by atoms with Crippen LogP contribution >= 0.6 is 28.3 Å². The molecule has 1 aromatic carbocycles. The highest BCUT2D eigenvalue weighted by Crippen LogP contribution is 2.24. The third kappa shape index (κ3) is 2.63. The molecule has 0 bridgehead atoms. The highest BCUT2D eigenvalue weighted by Gasteiger charge is 2.17. The zero-order valence-corrected chi connectivity index (χ0v) is 9.54. The predicted molar refractivity (Wildman–Crippen MR) is 57.3 cm³/mol. The van der Waals surface area contributed by atoms with Gasteiger partial charge < -0.3 is 11.5 Å². The normalized spacial score (nSPS) is 12.1. The minimum absolute atomic E-state index is 0. The largest absolute Gasteiger partial charge is 0.329 e. The lowest BCUT2D eigenvalue weighted by molar-refractivity contribution is 0.524. The number of nitrogens with two attached hydrogens (primary N) is 2. The van der Waals surface area contributed by atoms with Crippen LogP contribution in [0.15, 0.2) is 16.6 Å². The van der Waals surface area contributed by atoms with Crippen molar-refractivity contribution < 1.29 is 8.78 Å². The maximum Gasteiger partial charge on any atom is 0.145 e. The summed E-state index contributed by atoms with van der Waals surface area (Å²) in [6, 6.07) is 1.63. The van der Waals surface area contributed by atoms with E-state index in [2.05, 4.69) is 15.9 Å². The van der Waals surface area contributed by atoms with E-state index in [0.29, 0.717) is 0 Å². The fraction of sp³-hybridized carbons (Fsp3) is 0.250. The lowest BCUT2D eigenvalue weighted by Gasteiger charge is -2.11. The fourth-order valence-electron chi connectivity index (χ4n) is 1.00. The van der Waals surface area contributed by atoms with Crippen molar-refractivity contribution in [3.8, 4) is 0 Å². The van der Waals surface area contributed by atoms with Crippen molar-refractivity contribution in [3.63, 3.8) is 0 Å². The van der Waals surface area contributed by atoms with Crippen LogP contribution in [0.1, 0.15) is 11.6 Å². The van der Waals surface area contributed by atoms with Gasteiger partial charge in [-0.25, -0.2) is 8.78 Å². The Balaban J connectivity index is 0.00000169. The van der Waals surface area contributed by atoms with Crippen LogP contribution in [0, 0.1) is 11.6 Å². The van der Waals surface area contributed by atoms with Crippen LogP contribution in [0.25, 0.3) is 0 Å². The van der Waals surface area contributed by atoms with Gasteiger partial charge in [-0.3, -0.25) is 0 Å². The Bertz CT molecular complexity index is 322. The molecule has 1 atom stereocenters. The average Bonchev–Trinajstić information content (AvgIpc) is 2.12. The summed E-state index contributed by atoms with van der Waals surface area (Å²) in [7, 11) is 0. The molecule has 0 amide bonds. The first-order valence-corrected chi connectivity index (χ1v) is 4.46. The predicted octanol–water partition coefficient (Wildman–Crippen LogP) is 2.11. The third-order valence-electron chi connectivity index (χ3n) is 1.70. The average molecular weight is 288 g/mol. The molecule has 0 spiro atoms. The molecule has 1 rings (SSSR count). The fourth-order valence-corrected chi connectivity index (χ4v) is 1.35. The van der Waals surface area contributed by atoms with Crippen molar-refractivity contribution in [2.45, 2.75) is 6.04 Å². The molecule has 1 aromatic rings. The van der Waals surface area contributed by atoms with Crippen molar-refractivity contribution >= 4 is 28.3 Å². The monoisotopic (exact) mass is 286 g/mol. The zero-order valence-electron chi connectivity index (χ0n) is 7.14. The minimum atomic E-state index is -0.808. The molecule has 0 aliphatic heterocycles. The van der Waals surface area contributed by atoms with E-state index in [-0.39, 0.29) is 29.0 Å². The molecule has 0 aliphatic rings. The molecule has 0 unspecified atom stereocenters. The van der Waals surface area contributed by atoms with Crippen molar-refractivity contribution in [1.82, 2.24) is 0 Å². The number of hydrogen-bond donors (Lipinski definition) is 2. The second-order valence-electron chi connectivity index (χ2n) is 2.60. The van der Waals surface area contributed by atoms with Gasteiger partial charge in [-0.05, 0) is 28.1 Å². The van der Waals surface area contributed by atoms with Gasteiger partial charge in [0.1, 0.15) is 11.6 Å². The summed E-state index contributed by atoms with van der Waals surface area (Å²) < 4.78 is 26.5. The van der Waals surface area contributed by atoms with E-state index in [1.165, 1.54) is 6.07 Å². The van der Waals surface area contributed by atoms with Crippen LogP contribution in [0.4, 0.5) is 8.78 Å². The molecule has 0 radical (unpaired) electrons. The molecule has 0 saturated carbocycles. The van der Waals surface area contributed by atoms with Crippen LogP contribution in [-0.4, -0.2) is 6.54 Å². The first kappa shape index (κ1) is 13.8. The second-order valence-corrected chi connectivity index (χ2v) is 3.45. The Hall–Kier alpha value is -0.230. The summed E-state index contributed by atoms with van der Waals surface area (Å²) in [6.45, 7) is 0.00426. The molecule has 6 heteroatoms. The number of benzene rings is 1. The molecule has 0 heterocycles. The summed E-state index contributed by atoms with van der Waals surface area (Å²) in [5, 5.41) is 0. The van der Waals surface area contributed by atoms with Crippen LogP contribution in [0.3, 0.4) is 0 Å². The summed E-state index contributed by atoms with van der Waals surface area (Å²) in [5.74, 6) is -1.35. The highest BCUT2D eigenvalue weighted by molar-refractivity contribution is 9.10. The van der Waals surface area contributed by atoms with Gasteiger partial charge in [0.25, 0.3) is 0 Å². The van der Waals surface area contributed by atoms with Gasteiger partial charge >= 0.3 is 0 Å². The minimum Gasteiger partial charge on any atom is -0.329 e. The maximum absolute atomic E-state index is 13.3. The first-order chi connectivity index (χ1) is 6.07. The molecular weight excluding hydrogens is 277 g/mol. The van der Waals surface area contributed by atoms with Crippen molar-refractivity contribution in [1.29, 1.82) is 0 Å². The molecule has 0 fully saturated rings. The third-order valence-corrected chi connectivity index (χ3v) is 2.32. The lowest BCUT2D eigenvalue weighted by Crippen LogP contribution is -2.23. The lowest BCUT2D eigenvalue weighted by atomic mass is 10.1. The maximum atomic E-state index is 13.3. The summed E-state index contributed by atoms with van der Waals surface area (Å²) in [6.07, 6.45) is 0. The topological polar surface area (TPSA) is 52.0 Å². The smallest absolute Gasteiger partial charge is 0.145 e. The molecule has 0 aliphatic carbocycles. The molecule has 0 saturated heterocycles. The van der Waals surface area contributed by atoms with Gasteiger partial charge in [-0.1, -0.05) is 0 Å². The Morgan fingerprint density at radius 1 is 1.36 bits per heavy atom. The van der Waals surface area contributed by atoms with Gasteiger partial charge in [-0.2, -0.15) is 0 Å². The van der Waals surface area contributed by atoms with Gasteiger partial charge in [0, 0.05) is 18.2 Å². The van der Waals surface area contributed by atoms with E-state index in [4.69, 9.17) is 11.5 Å². The summed E-state index contributed by atoms with van der Waals surface area (Å²) >= 11 is 2.94. The summed E-state index contributed by atoms with van der Waals surface area (Å²) in [5.41, 5.74) is 10.5. The number of hydrogen-bond acceptors (Lipinski definition) is 2. The molecule has 4 N–H and O–H groups in total. The second kappa shape index (κ2) is 5.60. The summed E-state index contributed by atoms with van der Waals surface area (Å²) in [4.78, 5) is 0. The molecule has 2 nitrogen and oxygen atoms in total. The van der Waals surface area contributed by atoms with Crippen LogP contribution in [-0.2, 0) is 0 Å². The molecule has 0 aromatic heterocycles. The number of rotatable bonds is 2. The van der Waals surface area contributed by atoms with Crippen LogP contribution < -0.4 is 11.5 Å². The Kier molecular flexibility index (Phi) is 5.51. The Morgan fingerprint density at radius 2 is 1.93 bits per heavy atom. The molecular formula is C8H10BrClF2N2. The van der Waals surface area contributed by atoms with E-state index < -0.39 is 17.7 Å². The van der Waals surface area contributed by atoms with E-state index in [1.54, 1.807) is 0 Å². The number of halogens is 4. The Labute approximate surface area is 95.2 Å². The van der Waals surface area contributed by atoms with Gasteiger partial charge in [0.15, 0.2) is 0 Å². The van der Waals surface area contributed by atoms with E-state index in [0.717, 1.165) is 6.07 Å². The Morgan fingerprint density at radius 3 is 2.43 bits per heavy atom. The van der Waals surface area contributed by atoms with Crippen LogP contribution in [0.2, 0.25) is 0 Å². The van der Waals surface area contributed by atoms with E-state index in [9.17, 15) is 8.78 Å². The van der Waals surface area contributed by atoms with Crippen molar-refractivity contribution in [3.05, 3.63) is 33.8 Å². The van der Waals surface area contributed by atoms with Gasteiger partial charge in [-0.15, -0.1) is 12.4 Å². The van der Waals surface area contributed by atoms with Crippen LogP contribution in [0.5, 0.6) is 0 Å². The SMILES string of the molecule is Cl.NC[C@@H](N)c1c(F)ccc(Br)c1F. The van der Waals surface area contributed by atoms with Gasteiger partial charge in [0.05, 0.1) is 4.47 Å². The van der Waals surface area contributed by atoms with Crippen molar-refractivity contribution in [2.75, 3.05) is 6.54 Å². The van der Waals surface area contributed by atoms with Gasteiger partial charge in [0.2, 0.25) is 0 Å². The molecule has 14 heavy (non-hydrogen) atoms. The van der Waals surface area contributed by atoms with E-state index in [1.807, 2.05) is 0 Å². The van der Waals surface area contributed by atoms with Crippen molar-refractivity contribution in [2.24, 2.45) is 11.5 Å². The van der Waals surface area contributed by atoms with E-state index >= 15 is 0 Å². The highest BCUT2D eigenvalue weighted by atomic mass is 79.9.